The molecule has 0 amide bonds. The molecule has 24 heavy (non-hydrogen) atoms. The first-order chi connectivity index (χ1) is 11.8. The molecular formula is C21H30N2O. The largest absolute Gasteiger partial charge is 0.496 e. The third kappa shape index (κ3) is 4.02. The molecule has 3 rings (SSSR count). The van der Waals surface area contributed by atoms with Crippen LogP contribution in [0.5, 0.6) is 5.75 Å². The minimum Gasteiger partial charge on any atom is -0.496 e. The first-order valence-corrected chi connectivity index (χ1v) is 9.31. The van der Waals surface area contributed by atoms with Crippen molar-refractivity contribution in [2.45, 2.75) is 51.6 Å². The number of fused-ring (bicyclic) bond motifs is 1. The lowest BCUT2D eigenvalue weighted by Crippen LogP contribution is -2.40. The van der Waals surface area contributed by atoms with Crippen LogP contribution in [0.25, 0.3) is 0 Å². The van der Waals surface area contributed by atoms with Crippen molar-refractivity contribution in [1.29, 1.82) is 0 Å². The van der Waals surface area contributed by atoms with Gasteiger partial charge in [0.15, 0.2) is 0 Å². The molecule has 0 spiro atoms. The van der Waals surface area contributed by atoms with E-state index in [4.69, 9.17) is 4.74 Å². The summed E-state index contributed by atoms with van der Waals surface area (Å²) in [6, 6.07) is 11.4. The Morgan fingerprint density at radius 3 is 2.75 bits per heavy atom. The first-order valence-electron chi connectivity index (χ1n) is 9.31. The molecule has 0 saturated heterocycles. The maximum absolute atomic E-state index is 5.55. The summed E-state index contributed by atoms with van der Waals surface area (Å²) in [6.07, 6.45) is 10.3. The van der Waals surface area contributed by atoms with Gasteiger partial charge in [0, 0.05) is 31.5 Å². The molecule has 0 aliphatic heterocycles. The fourth-order valence-corrected chi connectivity index (χ4v) is 4.00. The quantitative estimate of drug-likeness (QED) is 0.725. The second-order valence-electron chi connectivity index (χ2n) is 6.80. The summed E-state index contributed by atoms with van der Waals surface area (Å²) in [7, 11) is 1.78. The van der Waals surface area contributed by atoms with Crippen LogP contribution in [0.1, 0.15) is 37.3 Å². The third-order valence-corrected chi connectivity index (χ3v) is 5.19. The molecule has 1 aliphatic carbocycles. The molecule has 0 saturated carbocycles. The maximum atomic E-state index is 5.55. The van der Waals surface area contributed by atoms with Crippen LogP contribution in [-0.2, 0) is 19.4 Å². The van der Waals surface area contributed by atoms with Gasteiger partial charge in [0.1, 0.15) is 5.75 Å². The van der Waals surface area contributed by atoms with Crippen LogP contribution in [-0.4, -0.2) is 35.7 Å². The molecule has 3 heteroatoms. The second kappa shape index (κ2) is 8.39. The lowest BCUT2D eigenvalue weighted by molar-refractivity contribution is 0.174. The van der Waals surface area contributed by atoms with E-state index in [0.29, 0.717) is 6.04 Å². The molecule has 1 aliphatic rings. The zero-order valence-electron chi connectivity index (χ0n) is 15.1. The molecule has 2 aromatic rings. The van der Waals surface area contributed by atoms with Gasteiger partial charge in [-0.05, 0) is 68.0 Å². The second-order valence-corrected chi connectivity index (χ2v) is 6.80. The van der Waals surface area contributed by atoms with Gasteiger partial charge < -0.3 is 9.30 Å². The van der Waals surface area contributed by atoms with E-state index in [1.165, 1.54) is 43.5 Å². The molecule has 3 nitrogen and oxygen atoms in total. The average molecular weight is 326 g/mol. The number of nitrogens with zero attached hydrogens (tertiary/aromatic N) is 2. The lowest BCUT2D eigenvalue weighted by Gasteiger charge is -2.35. The number of ether oxygens (including phenoxy) is 1. The Labute approximate surface area is 146 Å². The van der Waals surface area contributed by atoms with Crippen molar-refractivity contribution in [1.82, 2.24) is 9.47 Å². The van der Waals surface area contributed by atoms with E-state index in [1.807, 2.05) is 0 Å². The van der Waals surface area contributed by atoms with E-state index in [-0.39, 0.29) is 0 Å². The van der Waals surface area contributed by atoms with Gasteiger partial charge in [0.05, 0.1) is 7.11 Å². The van der Waals surface area contributed by atoms with Crippen molar-refractivity contribution < 1.29 is 4.74 Å². The molecule has 1 aromatic heterocycles. The number of methoxy groups -OCH3 is 1. The molecule has 1 aromatic carbocycles. The fraction of sp³-hybridized carbons (Fsp3) is 0.524. The van der Waals surface area contributed by atoms with Crippen LogP contribution in [0.3, 0.4) is 0 Å². The zero-order valence-corrected chi connectivity index (χ0v) is 15.1. The van der Waals surface area contributed by atoms with Crippen molar-refractivity contribution in [2.24, 2.45) is 0 Å². The highest BCUT2D eigenvalue weighted by Crippen LogP contribution is 2.31. The predicted octanol–water partition coefficient (Wildman–Crippen LogP) is 4.16. The summed E-state index contributed by atoms with van der Waals surface area (Å²) >= 11 is 0. The zero-order chi connectivity index (χ0) is 16.8. The van der Waals surface area contributed by atoms with Crippen LogP contribution in [0, 0.1) is 0 Å². The fourth-order valence-electron chi connectivity index (χ4n) is 4.00. The Morgan fingerprint density at radius 1 is 1.17 bits per heavy atom. The van der Waals surface area contributed by atoms with Gasteiger partial charge in [0.2, 0.25) is 0 Å². The number of hydrogen-bond acceptors (Lipinski definition) is 2. The molecule has 130 valence electrons. The van der Waals surface area contributed by atoms with Crippen molar-refractivity contribution in [3.05, 3.63) is 53.9 Å². The van der Waals surface area contributed by atoms with Crippen LogP contribution >= 0.6 is 0 Å². The van der Waals surface area contributed by atoms with Gasteiger partial charge >= 0.3 is 0 Å². The predicted molar refractivity (Wildman–Crippen MR) is 99.7 cm³/mol. The van der Waals surface area contributed by atoms with Crippen LogP contribution in [0.2, 0.25) is 0 Å². The van der Waals surface area contributed by atoms with Gasteiger partial charge in [-0.1, -0.05) is 19.1 Å². The van der Waals surface area contributed by atoms with Crippen LogP contribution < -0.4 is 4.74 Å². The smallest absolute Gasteiger partial charge is 0.122 e. The summed E-state index contributed by atoms with van der Waals surface area (Å²) in [4.78, 5) is 2.71. The normalized spacial score (nSPS) is 17.0. The number of rotatable bonds is 8. The lowest BCUT2D eigenvalue weighted by atomic mass is 9.86. The highest BCUT2D eigenvalue weighted by Gasteiger charge is 2.25. The van der Waals surface area contributed by atoms with Crippen LogP contribution in [0.15, 0.2) is 42.7 Å². The van der Waals surface area contributed by atoms with Crippen molar-refractivity contribution in [3.63, 3.8) is 0 Å². The van der Waals surface area contributed by atoms with Crippen molar-refractivity contribution in [3.8, 4) is 5.75 Å². The average Bonchev–Trinajstić information content (AvgIpc) is 3.13. The van der Waals surface area contributed by atoms with Crippen molar-refractivity contribution >= 4 is 0 Å². The highest BCUT2D eigenvalue weighted by molar-refractivity contribution is 5.42. The molecule has 1 heterocycles. The van der Waals surface area contributed by atoms with E-state index >= 15 is 0 Å². The molecular weight excluding hydrogens is 296 g/mol. The summed E-state index contributed by atoms with van der Waals surface area (Å²) in [5, 5.41) is 0. The van der Waals surface area contributed by atoms with E-state index in [1.54, 1.807) is 7.11 Å². The summed E-state index contributed by atoms with van der Waals surface area (Å²) < 4.78 is 7.83. The summed E-state index contributed by atoms with van der Waals surface area (Å²) in [6.45, 7) is 5.80. The minimum atomic E-state index is 0.675. The van der Waals surface area contributed by atoms with E-state index < -0.39 is 0 Å². The molecule has 0 bridgehead atoms. The molecule has 0 N–H and O–H groups in total. The summed E-state index contributed by atoms with van der Waals surface area (Å²) in [5.74, 6) is 1.07. The third-order valence-electron chi connectivity index (χ3n) is 5.19. The first kappa shape index (κ1) is 17.1. The molecule has 0 fully saturated rings. The van der Waals surface area contributed by atoms with E-state index in [0.717, 1.165) is 25.1 Å². The number of aromatic nitrogens is 1. The highest BCUT2D eigenvalue weighted by atomic mass is 16.5. The molecule has 1 unspecified atom stereocenters. The summed E-state index contributed by atoms with van der Waals surface area (Å²) in [5.41, 5.74) is 2.91. The molecule has 0 radical (unpaired) electrons. The van der Waals surface area contributed by atoms with Crippen molar-refractivity contribution in [2.75, 3.05) is 20.2 Å². The molecule has 1 atom stereocenters. The Morgan fingerprint density at radius 2 is 2.00 bits per heavy atom. The van der Waals surface area contributed by atoms with E-state index in [2.05, 4.69) is 59.1 Å². The van der Waals surface area contributed by atoms with Gasteiger partial charge in [-0.15, -0.1) is 0 Å². The van der Waals surface area contributed by atoms with Gasteiger partial charge in [0.25, 0.3) is 0 Å². The minimum absolute atomic E-state index is 0.675. The standard InChI is InChI=1S/C21H30N2O/c1-3-12-23(16-7-15-22-13-4-5-14-22)19-10-11-20-18(17-19)8-6-9-21(20)24-2/h4-6,8-9,13-14,19H,3,7,10-12,15-17H2,1-2H3. The van der Waals surface area contributed by atoms with Gasteiger partial charge in [-0.2, -0.15) is 0 Å². The van der Waals surface area contributed by atoms with Crippen LogP contribution in [0.4, 0.5) is 0 Å². The maximum Gasteiger partial charge on any atom is 0.122 e. The number of hydrogen-bond donors (Lipinski definition) is 0. The van der Waals surface area contributed by atoms with E-state index in [9.17, 15) is 0 Å². The number of benzene rings is 1. The Kier molecular flexibility index (Phi) is 5.97. The van der Waals surface area contributed by atoms with Gasteiger partial charge in [-0.3, -0.25) is 4.90 Å². The topological polar surface area (TPSA) is 17.4 Å². The monoisotopic (exact) mass is 326 g/mol. The number of aryl methyl sites for hydroxylation is 1. The SMILES string of the molecule is CCCN(CCCn1cccc1)C1CCc2c(cccc2OC)C1. The Hall–Kier alpha value is -1.74. The Bertz CT molecular complexity index is 621. The van der Waals surface area contributed by atoms with Gasteiger partial charge in [-0.25, -0.2) is 0 Å². The Balaban J connectivity index is 1.61.